The van der Waals surface area contributed by atoms with Gasteiger partial charge in [-0.15, -0.1) is 0 Å². The SMILES string of the molecule is CCC(C[C@H](N)C(=O)O)C(N)=O. The topological polar surface area (TPSA) is 106 Å². The smallest absolute Gasteiger partial charge is 0.320 e. The average molecular weight is 174 g/mol. The lowest BCUT2D eigenvalue weighted by molar-refractivity contribution is -0.139. The molecule has 5 N–H and O–H groups in total. The van der Waals surface area contributed by atoms with Crippen molar-refractivity contribution in [1.29, 1.82) is 0 Å². The van der Waals surface area contributed by atoms with Gasteiger partial charge in [0.25, 0.3) is 0 Å². The Labute approximate surface area is 70.7 Å². The van der Waals surface area contributed by atoms with Crippen molar-refractivity contribution >= 4 is 11.9 Å². The fraction of sp³-hybridized carbons (Fsp3) is 0.714. The molecule has 5 nitrogen and oxygen atoms in total. The molecule has 0 aliphatic rings. The molecule has 0 saturated carbocycles. The predicted octanol–water partition coefficient (Wildman–Crippen LogP) is -0.700. The van der Waals surface area contributed by atoms with E-state index in [1.165, 1.54) is 0 Å². The Bertz CT molecular complexity index is 181. The van der Waals surface area contributed by atoms with Crippen LogP contribution in [0.4, 0.5) is 0 Å². The van der Waals surface area contributed by atoms with Gasteiger partial charge in [0.2, 0.25) is 5.91 Å². The molecule has 1 amide bonds. The molecule has 0 bridgehead atoms. The molecule has 0 aliphatic carbocycles. The zero-order valence-corrected chi connectivity index (χ0v) is 6.99. The van der Waals surface area contributed by atoms with Crippen molar-refractivity contribution in [3.63, 3.8) is 0 Å². The van der Waals surface area contributed by atoms with Gasteiger partial charge in [0.15, 0.2) is 0 Å². The Hall–Kier alpha value is -1.10. The molecule has 2 atom stereocenters. The van der Waals surface area contributed by atoms with Gasteiger partial charge in [-0.05, 0) is 12.8 Å². The number of carboxylic acid groups (broad SMARTS) is 1. The summed E-state index contributed by atoms with van der Waals surface area (Å²) in [7, 11) is 0. The lowest BCUT2D eigenvalue weighted by Gasteiger charge is -2.12. The maximum Gasteiger partial charge on any atom is 0.320 e. The summed E-state index contributed by atoms with van der Waals surface area (Å²) < 4.78 is 0. The molecule has 0 rings (SSSR count). The van der Waals surface area contributed by atoms with Crippen LogP contribution < -0.4 is 11.5 Å². The summed E-state index contributed by atoms with van der Waals surface area (Å²) in [5.41, 5.74) is 10.2. The maximum absolute atomic E-state index is 10.7. The Morgan fingerprint density at radius 1 is 1.50 bits per heavy atom. The third kappa shape index (κ3) is 3.34. The van der Waals surface area contributed by atoms with E-state index in [-0.39, 0.29) is 6.42 Å². The minimum absolute atomic E-state index is 0.112. The Kier molecular flexibility index (Phi) is 4.28. The number of hydrogen-bond donors (Lipinski definition) is 3. The van der Waals surface area contributed by atoms with Gasteiger partial charge in [-0.25, -0.2) is 0 Å². The molecule has 0 fully saturated rings. The highest BCUT2D eigenvalue weighted by Gasteiger charge is 2.20. The fourth-order valence-electron chi connectivity index (χ4n) is 0.891. The van der Waals surface area contributed by atoms with Gasteiger partial charge in [-0.3, -0.25) is 9.59 Å². The van der Waals surface area contributed by atoms with Crippen molar-refractivity contribution in [2.45, 2.75) is 25.8 Å². The molecular weight excluding hydrogens is 160 g/mol. The molecule has 0 aromatic carbocycles. The van der Waals surface area contributed by atoms with E-state index in [0.29, 0.717) is 6.42 Å². The van der Waals surface area contributed by atoms with Crippen molar-refractivity contribution in [2.75, 3.05) is 0 Å². The van der Waals surface area contributed by atoms with Crippen LogP contribution in [0.3, 0.4) is 0 Å². The van der Waals surface area contributed by atoms with Gasteiger partial charge in [0.1, 0.15) is 6.04 Å². The molecule has 0 aromatic rings. The standard InChI is InChI=1S/C7H14N2O3/c1-2-4(6(9)10)3-5(8)7(11)12/h4-5H,2-3,8H2,1H3,(H2,9,10)(H,11,12)/t4?,5-/m0/s1. The highest BCUT2D eigenvalue weighted by molar-refractivity contribution is 5.79. The predicted molar refractivity (Wildman–Crippen MR) is 43.2 cm³/mol. The molecule has 0 heterocycles. The minimum Gasteiger partial charge on any atom is -0.480 e. The number of nitrogens with two attached hydrogens (primary N) is 2. The van der Waals surface area contributed by atoms with Gasteiger partial charge in [-0.1, -0.05) is 6.92 Å². The lowest BCUT2D eigenvalue weighted by Crippen LogP contribution is -2.36. The average Bonchev–Trinajstić information content (AvgIpc) is 1.98. The molecule has 12 heavy (non-hydrogen) atoms. The lowest BCUT2D eigenvalue weighted by atomic mass is 9.97. The molecule has 1 unspecified atom stereocenters. The van der Waals surface area contributed by atoms with Crippen LogP contribution in [-0.4, -0.2) is 23.0 Å². The number of hydrogen-bond acceptors (Lipinski definition) is 3. The highest BCUT2D eigenvalue weighted by atomic mass is 16.4. The van der Waals surface area contributed by atoms with E-state index in [0.717, 1.165) is 0 Å². The van der Waals surface area contributed by atoms with Crippen molar-refractivity contribution in [1.82, 2.24) is 0 Å². The zero-order chi connectivity index (χ0) is 9.72. The summed E-state index contributed by atoms with van der Waals surface area (Å²) in [5.74, 6) is -2.03. The first-order chi connectivity index (χ1) is 5.49. The maximum atomic E-state index is 10.7. The number of primary amides is 1. The summed E-state index contributed by atoms with van der Waals surface area (Å²) in [6.45, 7) is 1.77. The van der Waals surface area contributed by atoms with Crippen LogP contribution in [0.15, 0.2) is 0 Å². The number of amides is 1. The molecule has 0 aromatic heterocycles. The first kappa shape index (κ1) is 10.9. The fourth-order valence-corrected chi connectivity index (χ4v) is 0.891. The number of carbonyl (C=O) groups is 2. The number of carbonyl (C=O) groups excluding carboxylic acids is 1. The summed E-state index contributed by atoms with van der Waals surface area (Å²) in [5, 5.41) is 8.43. The van der Waals surface area contributed by atoms with E-state index in [4.69, 9.17) is 16.6 Å². The van der Waals surface area contributed by atoms with Gasteiger partial charge in [0, 0.05) is 5.92 Å². The van der Waals surface area contributed by atoms with Gasteiger partial charge < -0.3 is 16.6 Å². The van der Waals surface area contributed by atoms with Crippen molar-refractivity contribution in [2.24, 2.45) is 17.4 Å². The Morgan fingerprint density at radius 3 is 2.25 bits per heavy atom. The molecular formula is C7H14N2O3. The minimum atomic E-state index is -1.10. The molecule has 0 saturated heterocycles. The first-order valence-corrected chi connectivity index (χ1v) is 3.76. The van der Waals surface area contributed by atoms with Gasteiger partial charge >= 0.3 is 5.97 Å². The summed E-state index contributed by atoms with van der Waals surface area (Å²) in [4.78, 5) is 21.0. The Morgan fingerprint density at radius 2 is 2.00 bits per heavy atom. The van der Waals surface area contributed by atoms with Crippen LogP contribution in [0.5, 0.6) is 0 Å². The molecule has 0 spiro atoms. The third-order valence-corrected chi connectivity index (χ3v) is 1.75. The van der Waals surface area contributed by atoms with Crippen LogP contribution in [0.1, 0.15) is 19.8 Å². The first-order valence-electron chi connectivity index (χ1n) is 3.76. The van der Waals surface area contributed by atoms with E-state index >= 15 is 0 Å². The number of aliphatic carboxylic acids is 1. The van der Waals surface area contributed by atoms with Crippen LogP contribution in [0, 0.1) is 5.92 Å². The van der Waals surface area contributed by atoms with Gasteiger partial charge in [0.05, 0.1) is 0 Å². The van der Waals surface area contributed by atoms with E-state index in [1.54, 1.807) is 6.92 Å². The van der Waals surface area contributed by atoms with E-state index in [2.05, 4.69) is 0 Å². The normalized spacial score (nSPS) is 15.2. The second kappa shape index (κ2) is 4.71. The van der Waals surface area contributed by atoms with Crippen molar-refractivity contribution < 1.29 is 14.7 Å². The molecule has 0 aliphatic heterocycles. The second-order valence-corrected chi connectivity index (χ2v) is 2.69. The summed E-state index contributed by atoms with van der Waals surface area (Å²) in [6, 6.07) is -0.998. The third-order valence-electron chi connectivity index (χ3n) is 1.75. The Balaban J connectivity index is 4.02. The van der Waals surface area contributed by atoms with Crippen molar-refractivity contribution in [3.05, 3.63) is 0 Å². The summed E-state index contributed by atoms with van der Waals surface area (Å²) >= 11 is 0. The number of carboxylic acids is 1. The monoisotopic (exact) mass is 174 g/mol. The van der Waals surface area contributed by atoms with Crippen LogP contribution in [0.2, 0.25) is 0 Å². The van der Waals surface area contributed by atoms with E-state index in [9.17, 15) is 9.59 Å². The molecule has 5 heteroatoms. The highest BCUT2D eigenvalue weighted by Crippen LogP contribution is 2.09. The molecule has 0 radical (unpaired) electrons. The second-order valence-electron chi connectivity index (χ2n) is 2.69. The van der Waals surface area contributed by atoms with E-state index < -0.39 is 23.8 Å². The van der Waals surface area contributed by atoms with Crippen molar-refractivity contribution in [3.8, 4) is 0 Å². The molecule has 70 valence electrons. The van der Waals surface area contributed by atoms with Crippen LogP contribution >= 0.6 is 0 Å². The quantitative estimate of drug-likeness (QED) is 0.512. The largest absolute Gasteiger partial charge is 0.480 e. The van der Waals surface area contributed by atoms with Gasteiger partial charge in [-0.2, -0.15) is 0 Å². The van der Waals surface area contributed by atoms with Crippen LogP contribution in [-0.2, 0) is 9.59 Å². The number of rotatable bonds is 5. The van der Waals surface area contributed by atoms with Crippen LogP contribution in [0.25, 0.3) is 0 Å². The summed E-state index contributed by atoms with van der Waals surface area (Å²) in [6.07, 6.45) is 0.636. The zero-order valence-electron chi connectivity index (χ0n) is 6.99. The van der Waals surface area contributed by atoms with E-state index in [1.807, 2.05) is 0 Å².